The Morgan fingerprint density at radius 1 is 1.12 bits per heavy atom. The van der Waals surface area contributed by atoms with Crippen LogP contribution in [-0.2, 0) is 12.0 Å². The molecule has 4 heteroatoms. The zero-order chi connectivity index (χ0) is 16.9. The van der Waals surface area contributed by atoms with E-state index in [-0.39, 0.29) is 11.2 Å². The molecule has 0 bridgehead atoms. The van der Waals surface area contributed by atoms with Crippen molar-refractivity contribution in [1.82, 2.24) is 9.55 Å². The number of benzene rings is 2. The molecule has 24 heavy (non-hydrogen) atoms. The molecular weight excluding hydrogens is 300 g/mol. The van der Waals surface area contributed by atoms with E-state index < -0.39 is 0 Å². The first kappa shape index (κ1) is 14.9. The third-order valence-corrected chi connectivity index (χ3v) is 4.42. The van der Waals surface area contributed by atoms with Crippen LogP contribution < -0.4 is 10.4 Å². The Hall–Kier alpha value is -2.62. The zero-order valence-corrected chi connectivity index (χ0v) is 14.2. The summed E-state index contributed by atoms with van der Waals surface area (Å²) in [5.74, 6) is 0.880. The number of rotatable bonds is 1. The van der Waals surface area contributed by atoms with Crippen molar-refractivity contribution in [3.05, 3.63) is 58.5 Å². The van der Waals surface area contributed by atoms with Crippen molar-refractivity contribution in [2.75, 3.05) is 6.61 Å². The maximum Gasteiger partial charge on any atom is 0.349 e. The van der Waals surface area contributed by atoms with Crippen LogP contribution >= 0.6 is 0 Å². The molecule has 0 aliphatic carbocycles. The number of nitrogens with zero attached hydrogens (tertiary/aromatic N) is 2. The minimum absolute atomic E-state index is 0.230. The fourth-order valence-electron chi connectivity index (χ4n) is 3.36. The van der Waals surface area contributed by atoms with Crippen LogP contribution in [0.2, 0.25) is 0 Å². The minimum Gasteiger partial charge on any atom is -0.493 e. The first-order chi connectivity index (χ1) is 11.4. The molecule has 2 aromatic carbocycles. The molecule has 0 atom stereocenters. The van der Waals surface area contributed by atoms with Crippen LogP contribution in [0.15, 0.2) is 47.3 Å². The average Bonchev–Trinajstić information content (AvgIpc) is 2.99. The molecule has 2 heterocycles. The Morgan fingerprint density at radius 2 is 1.88 bits per heavy atom. The third-order valence-electron chi connectivity index (χ3n) is 4.42. The van der Waals surface area contributed by atoms with E-state index in [4.69, 9.17) is 4.74 Å². The summed E-state index contributed by atoms with van der Waals surface area (Å²) in [7, 11) is 0. The number of hydrogen-bond acceptors (Lipinski definition) is 3. The van der Waals surface area contributed by atoms with Crippen LogP contribution in [0.25, 0.3) is 22.2 Å². The van der Waals surface area contributed by atoms with Crippen molar-refractivity contribution in [3.63, 3.8) is 0 Å². The van der Waals surface area contributed by atoms with E-state index in [0.29, 0.717) is 6.61 Å². The average molecular weight is 320 g/mol. The normalized spacial score (nSPS) is 13.8. The lowest BCUT2D eigenvalue weighted by Gasteiger charge is -2.25. The van der Waals surface area contributed by atoms with Gasteiger partial charge in [0.05, 0.1) is 17.8 Å². The molecule has 0 spiro atoms. The van der Waals surface area contributed by atoms with E-state index in [9.17, 15) is 4.79 Å². The Kier molecular flexibility index (Phi) is 3.23. The van der Waals surface area contributed by atoms with E-state index in [1.165, 1.54) is 5.56 Å². The highest BCUT2D eigenvalue weighted by Gasteiger charge is 2.23. The quantitative estimate of drug-likeness (QED) is 0.686. The monoisotopic (exact) mass is 320 g/mol. The van der Waals surface area contributed by atoms with Gasteiger partial charge in [-0.25, -0.2) is 4.79 Å². The molecule has 0 saturated carbocycles. The van der Waals surface area contributed by atoms with E-state index in [2.05, 4.69) is 11.1 Å². The summed E-state index contributed by atoms with van der Waals surface area (Å²) in [6, 6.07) is 14.0. The molecular formula is C20H20N2O2. The van der Waals surface area contributed by atoms with Crippen LogP contribution in [0.3, 0.4) is 0 Å². The second kappa shape index (κ2) is 5.20. The van der Waals surface area contributed by atoms with Gasteiger partial charge in [0.1, 0.15) is 5.75 Å². The van der Waals surface area contributed by atoms with Crippen molar-refractivity contribution >= 4 is 10.9 Å². The lowest BCUT2D eigenvalue weighted by atomic mass is 10.0. The first-order valence-corrected chi connectivity index (χ1v) is 8.23. The molecule has 1 aliphatic rings. The maximum atomic E-state index is 12.8. The van der Waals surface area contributed by atoms with E-state index >= 15 is 0 Å². The molecule has 1 aromatic heterocycles. The van der Waals surface area contributed by atoms with Gasteiger partial charge in [-0.1, -0.05) is 30.3 Å². The highest BCUT2D eigenvalue weighted by Crippen LogP contribution is 2.35. The lowest BCUT2D eigenvalue weighted by molar-refractivity contribution is 0.356. The van der Waals surface area contributed by atoms with Gasteiger partial charge in [0.2, 0.25) is 0 Å². The van der Waals surface area contributed by atoms with Gasteiger partial charge in [-0.2, -0.15) is 4.98 Å². The summed E-state index contributed by atoms with van der Waals surface area (Å²) in [5.41, 5.74) is 3.17. The molecule has 4 nitrogen and oxygen atoms in total. The van der Waals surface area contributed by atoms with E-state index in [0.717, 1.165) is 34.3 Å². The molecule has 122 valence electrons. The summed E-state index contributed by atoms with van der Waals surface area (Å²) in [5, 5.41) is 1.000. The van der Waals surface area contributed by atoms with Gasteiger partial charge < -0.3 is 4.74 Å². The van der Waals surface area contributed by atoms with Crippen LogP contribution in [-0.4, -0.2) is 16.2 Å². The van der Waals surface area contributed by atoms with Crippen LogP contribution in [0.1, 0.15) is 26.3 Å². The highest BCUT2D eigenvalue weighted by molar-refractivity contribution is 5.94. The summed E-state index contributed by atoms with van der Waals surface area (Å²) in [4.78, 5) is 17.2. The first-order valence-electron chi connectivity index (χ1n) is 8.23. The number of ether oxygens (including phenoxy) is 1. The van der Waals surface area contributed by atoms with Gasteiger partial charge >= 0.3 is 5.69 Å². The van der Waals surface area contributed by atoms with Crippen molar-refractivity contribution < 1.29 is 4.74 Å². The Morgan fingerprint density at radius 3 is 2.58 bits per heavy atom. The standard InChI is InChI=1S/C20H20N2O2/c1-20(2,3)22-16-12-17-14(9-10-24-17)11-15(16)18(21-19(22)23)13-7-5-4-6-8-13/h4-8,11-12H,9-10H2,1-3H3. The van der Waals surface area contributed by atoms with Gasteiger partial charge in [0.15, 0.2) is 0 Å². The highest BCUT2D eigenvalue weighted by atomic mass is 16.5. The Bertz CT molecular complexity index is 982. The van der Waals surface area contributed by atoms with Crippen molar-refractivity contribution in [2.45, 2.75) is 32.7 Å². The van der Waals surface area contributed by atoms with Gasteiger partial charge in [0, 0.05) is 29.0 Å². The molecule has 0 unspecified atom stereocenters. The SMILES string of the molecule is CC(C)(C)n1c(=O)nc(-c2ccccc2)c2cc3c(cc21)OCC3. The van der Waals surface area contributed by atoms with Crippen molar-refractivity contribution in [1.29, 1.82) is 0 Å². The Labute approximate surface area is 140 Å². The second-order valence-corrected chi connectivity index (χ2v) is 7.19. The van der Waals surface area contributed by atoms with Gasteiger partial charge in [0.25, 0.3) is 0 Å². The third kappa shape index (κ3) is 2.30. The van der Waals surface area contributed by atoms with E-state index in [1.54, 1.807) is 4.57 Å². The van der Waals surface area contributed by atoms with Gasteiger partial charge in [-0.05, 0) is 32.4 Å². The van der Waals surface area contributed by atoms with Crippen LogP contribution in [0, 0.1) is 0 Å². The van der Waals surface area contributed by atoms with Crippen molar-refractivity contribution in [3.8, 4) is 17.0 Å². The predicted molar refractivity (Wildman–Crippen MR) is 95.6 cm³/mol. The number of hydrogen-bond donors (Lipinski definition) is 0. The fourth-order valence-corrected chi connectivity index (χ4v) is 3.36. The second-order valence-electron chi connectivity index (χ2n) is 7.19. The minimum atomic E-state index is -0.357. The molecule has 0 radical (unpaired) electrons. The number of aromatic nitrogens is 2. The summed E-state index contributed by atoms with van der Waals surface area (Å²) in [6.07, 6.45) is 0.897. The zero-order valence-electron chi connectivity index (χ0n) is 14.2. The largest absolute Gasteiger partial charge is 0.493 e. The smallest absolute Gasteiger partial charge is 0.349 e. The fraction of sp³-hybridized carbons (Fsp3) is 0.300. The lowest BCUT2D eigenvalue weighted by Crippen LogP contribution is -2.36. The van der Waals surface area contributed by atoms with Crippen LogP contribution in [0.4, 0.5) is 0 Å². The molecule has 0 saturated heterocycles. The van der Waals surface area contributed by atoms with Gasteiger partial charge in [-0.15, -0.1) is 0 Å². The van der Waals surface area contributed by atoms with Crippen LogP contribution in [0.5, 0.6) is 5.75 Å². The maximum absolute atomic E-state index is 12.8. The molecule has 0 amide bonds. The molecule has 0 N–H and O–H groups in total. The van der Waals surface area contributed by atoms with Crippen molar-refractivity contribution in [2.24, 2.45) is 0 Å². The molecule has 3 aromatic rings. The summed E-state index contributed by atoms with van der Waals surface area (Å²) >= 11 is 0. The summed E-state index contributed by atoms with van der Waals surface area (Å²) in [6.45, 7) is 6.75. The number of fused-ring (bicyclic) bond motifs is 2. The van der Waals surface area contributed by atoms with E-state index in [1.807, 2.05) is 57.2 Å². The summed E-state index contributed by atoms with van der Waals surface area (Å²) < 4.78 is 7.48. The topological polar surface area (TPSA) is 44.1 Å². The predicted octanol–water partition coefficient (Wildman–Crippen LogP) is 3.75. The Balaban J connectivity index is 2.14. The molecule has 1 aliphatic heterocycles. The van der Waals surface area contributed by atoms with Gasteiger partial charge in [-0.3, -0.25) is 4.57 Å². The molecule has 4 rings (SSSR count). The molecule has 0 fully saturated rings.